The average molecular weight is 374 g/mol. The Morgan fingerprint density at radius 2 is 1.77 bits per heavy atom. The van der Waals surface area contributed by atoms with Gasteiger partial charge < -0.3 is 15.3 Å². The van der Waals surface area contributed by atoms with Gasteiger partial charge in [-0.3, -0.25) is 4.79 Å². The van der Waals surface area contributed by atoms with E-state index in [9.17, 15) is 14.7 Å². The summed E-state index contributed by atoms with van der Waals surface area (Å²) in [6.07, 6.45) is 5.81. The molecular formula is C19H20ClN3O3. The van der Waals surface area contributed by atoms with Crippen LogP contribution in [-0.2, 0) is 0 Å². The first-order chi connectivity index (χ1) is 12.6. The van der Waals surface area contributed by atoms with Gasteiger partial charge in [-0.25, -0.2) is 9.78 Å². The number of aromatic nitrogens is 1. The number of carbonyl (C=O) groups is 2. The number of nitrogens with one attached hydrogen (secondary N) is 1. The maximum atomic E-state index is 12.4. The van der Waals surface area contributed by atoms with Crippen molar-refractivity contribution in [3.63, 3.8) is 0 Å². The Labute approximate surface area is 156 Å². The van der Waals surface area contributed by atoms with E-state index in [-0.39, 0.29) is 5.56 Å². The van der Waals surface area contributed by atoms with Crippen molar-refractivity contribution in [2.45, 2.75) is 25.7 Å². The number of hydrogen-bond acceptors (Lipinski definition) is 4. The number of carboxylic acids is 1. The van der Waals surface area contributed by atoms with Gasteiger partial charge in [-0.15, -0.1) is 0 Å². The fraction of sp³-hybridized carbons (Fsp3) is 0.316. The molecule has 136 valence electrons. The zero-order valence-electron chi connectivity index (χ0n) is 14.2. The van der Waals surface area contributed by atoms with Crippen molar-refractivity contribution >= 4 is 35.0 Å². The van der Waals surface area contributed by atoms with Crippen LogP contribution in [0.15, 0.2) is 36.5 Å². The molecule has 0 bridgehead atoms. The zero-order chi connectivity index (χ0) is 18.5. The van der Waals surface area contributed by atoms with Crippen molar-refractivity contribution in [1.82, 2.24) is 4.98 Å². The van der Waals surface area contributed by atoms with Gasteiger partial charge in [-0.05, 0) is 31.0 Å². The summed E-state index contributed by atoms with van der Waals surface area (Å²) < 4.78 is 0. The minimum Gasteiger partial charge on any atom is -0.478 e. The fourth-order valence-corrected chi connectivity index (χ4v) is 3.28. The second-order valence-electron chi connectivity index (χ2n) is 6.24. The number of anilines is 2. The number of halogens is 1. The monoisotopic (exact) mass is 373 g/mol. The highest BCUT2D eigenvalue weighted by Gasteiger charge is 2.20. The van der Waals surface area contributed by atoms with Crippen LogP contribution in [0.3, 0.4) is 0 Å². The predicted molar refractivity (Wildman–Crippen MR) is 101 cm³/mol. The Morgan fingerprint density at radius 3 is 2.42 bits per heavy atom. The van der Waals surface area contributed by atoms with Gasteiger partial charge in [0, 0.05) is 13.1 Å². The topological polar surface area (TPSA) is 82.5 Å². The first-order valence-corrected chi connectivity index (χ1v) is 8.98. The van der Waals surface area contributed by atoms with Gasteiger partial charge in [0.05, 0.1) is 22.5 Å². The summed E-state index contributed by atoms with van der Waals surface area (Å²) in [4.78, 5) is 30.4. The summed E-state index contributed by atoms with van der Waals surface area (Å²) in [6.45, 7) is 1.58. The van der Waals surface area contributed by atoms with Gasteiger partial charge in [0.15, 0.2) is 0 Å². The Kier molecular flexibility index (Phi) is 5.73. The number of pyridine rings is 1. The fourth-order valence-electron chi connectivity index (χ4n) is 3.06. The van der Waals surface area contributed by atoms with Crippen LogP contribution in [0.25, 0.3) is 0 Å². The molecule has 2 aromatic rings. The minimum atomic E-state index is -1.06. The van der Waals surface area contributed by atoms with E-state index in [0.29, 0.717) is 22.1 Å². The number of benzene rings is 1. The van der Waals surface area contributed by atoms with Crippen LogP contribution in [0.1, 0.15) is 46.4 Å². The van der Waals surface area contributed by atoms with E-state index in [2.05, 4.69) is 10.3 Å². The van der Waals surface area contributed by atoms with Crippen molar-refractivity contribution in [2.24, 2.45) is 0 Å². The quantitative estimate of drug-likeness (QED) is 0.844. The molecule has 1 aromatic carbocycles. The zero-order valence-corrected chi connectivity index (χ0v) is 15.0. The number of carboxylic acid groups (broad SMARTS) is 1. The van der Waals surface area contributed by atoms with Crippen LogP contribution in [-0.4, -0.2) is 35.1 Å². The summed E-state index contributed by atoms with van der Waals surface area (Å²) in [5, 5.41) is 12.6. The number of hydrogen-bond donors (Lipinski definition) is 2. The molecule has 0 aliphatic carbocycles. The van der Waals surface area contributed by atoms with Gasteiger partial charge >= 0.3 is 5.97 Å². The molecule has 6 nitrogen and oxygen atoms in total. The van der Waals surface area contributed by atoms with Crippen LogP contribution in [0.5, 0.6) is 0 Å². The summed E-state index contributed by atoms with van der Waals surface area (Å²) in [5.41, 5.74) is 0.734. The van der Waals surface area contributed by atoms with E-state index in [0.717, 1.165) is 38.8 Å². The van der Waals surface area contributed by atoms with Crippen molar-refractivity contribution < 1.29 is 14.7 Å². The SMILES string of the molecule is O=C(Nc1cnc(N2CCCCCC2)c(C(=O)O)c1)c1ccccc1Cl. The summed E-state index contributed by atoms with van der Waals surface area (Å²) in [6, 6.07) is 8.13. The lowest BCUT2D eigenvalue weighted by molar-refractivity contribution is 0.0696. The summed E-state index contributed by atoms with van der Waals surface area (Å²) >= 11 is 6.03. The highest BCUT2D eigenvalue weighted by molar-refractivity contribution is 6.34. The highest BCUT2D eigenvalue weighted by atomic mass is 35.5. The molecule has 3 rings (SSSR count). The van der Waals surface area contributed by atoms with Gasteiger partial charge in [0.1, 0.15) is 11.4 Å². The lowest BCUT2D eigenvalue weighted by atomic mass is 10.2. The van der Waals surface area contributed by atoms with Crippen LogP contribution in [0, 0.1) is 0 Å². The third kappa shape index (κ3) is 4.14. The second kappa shape index (κ2) is 8.19. The highest BCUT2D eigenvalue weighted by Crippen LogP contribution is 2.25. The van der Waals surface area contributed by atoms with Crippen molar-refractivity contribution in [3.05, 3.63) is 52.7 Å². The molecule has 1 saturated heterocycles. The Hall–Kier alpha value is -2.60. The van der Waals surface area contributed by atoms with Gasteiger partial charge in [-0.1, -0.05) is 36.6 Å². The normalized spacial score (nSPS) is 14.6. The number of nitrogens with zero attached hydrogens (tertiary/aromatic N) is 2. The molecule has 2 heterocycles. The predicted octanol–water partition coefficient (Wildman–Crippen LogP) is 4.07. The molecular weight excluding hydrogens is 354 g/mol. The molecule has 0 unspecified atom stereocenters. The Balaban J connectivity index is 1.85. The van der Waals surface area contributed by atoms with Crippen molar-refractivity contribution in [1.29, 1.82) is 0 Å². The van der Waals surface area contributed by atoms with Crippen molar-refractivity contribution in [2.75, 3.05) is 23.3 Å². The van der Waals surface area contributed by atoms with Gasteiger partial charge in [-0.2, -0.15) is 0 Å². The van der Waals surface area contributed by atoms with E-state index >= 15 is 0 Å². The molecule has 0 atom stereocenters. The smallest absolute Gasteiger partial charge is 0.339 e. The van der Waals surface area contributed by atoms with Crippen LogP contribution in [0.2, 0.25) is 5.02 Å². The molecule has 0 radical (unpaired) electrons. The summed E-state index contributed by atoms with van der Waals surface area (Å²) in [7, 11) is 0. The number of rotatable bonds is 4. The standard InChI is InChI=1S/C19H20ClN3O3/c20-16-8-4-3-7-14(16)18(24)22-13-11-15(19(25)26)17(21-12-13)23-9-5-1-2-6-10-23/h3-4,7-8,11-12H,1-2,5-6,9-10H2,(H,22,24)(H,25,26). The molecule has 1 fully saturated rings. The van der Waals surface area contributed by atoms with Crippen LogP contribution in [0.4, 0.5) is 11.5 Å². The molecule has 1 aliphatic heterocycles. The maximum Gasteiger partial charge on any atom is 0.339 e. The maximum absolute atomic E-state index is 12.4. The average Bonchev–Trinajstić information content (AvgIpc) is 2.91. The third-order valence-corrected chi connectivity index (χ3v) is 4.71. The minimum absolute atomic E-state index is 0.0869. The second-order valence-corrected chi connectivity index (χ2v) is 6.64. The van der Waals surface area contributed by atoms with Crippen LogP contribution < -0.4 is 10.2 Å². The third-order valence-electron chi connectivity index (χ3n) is 4.38. The summed E-state index contributed by atoms with van der Waals surface area (Å²) in [5.74, 6) is -1.02. The lowest BCUT2D eigenvalue weighted by Gasteiger charge is -2.23. The number of aromatic carboxylic acids is 1. The van der Waals surface area contributed by atoms with E-state index in [1.165, 1.54) is 12.3 Å². The van der Waals surface area contributed by atoms with Gasteiger partial charge in [0.2, 0.25) is 0 Å². The van der Waals surface area contributed by atoms with Gasteiger partial charge in [0.25, 0.3) is 5.91 Å². The Morgan fingerprint density at radius 1 is 1.08 bits per heavy atom. The molecule has 0 saturated carbocycles. The largest absolute Gasteiger partial charge is 0.478 e. The molecule has 1 amide bonds. The Bertz CT molecular complexity index is 817. The number of amides is 1. The molecule has 7 heteroatoms. The molecule has 0 spiro atoms. The first-order valence-electron chi connectivity index (χ1n) is 8.60. The molecule has 1 aliphatic rings. The van der Waals surface area contributed by atoms with E-state index in [1.54, 1.807) is 24.3 Å². The van der Waals surface area contributed by atoms with Crippen LogP contribution >= 0.6 is 11.6 Å². The molecule has 1 aromatic heterocycles. The molecule has 2 N–H and O–H groups in total. The van der Waals surface area contributed by atoms with E-state index in [1.807, 2.05) is 4.90 Å². The van der Waals surface area contributed by atoms with Crippen molar-refractivity contribution in [3.8, 4) is 0 Å². The molecule has 26 heavy (non-hydrogen) atoms. The first kappa shape index (κ1) is 18.2. The number of carbonyl (C=O) groups excluding carboxylic acids is 1. The lowest BCUT2D eigenvalue weighted by Crippen LogP contribution is -2.27. The van der Waals surface area contributed by atoms with E-state index in [4.69, 9.17) is 11.6 Å². The van der Waals surface area contributed by atoms with E-state index < -0.39 is 11.9 Å².